The van der Waals surface area contributed by atoms with E-state index in [2.05, 4.69) is 21.3 Å². The maximum absolute atomic E-state index is 14.3. The Bertz CT molecular complexity index is 1280. The maximum Gasteiger partial charge on any atom is 0.337 e. The van der Waals surface area contributed by atoms with Crippen LogP contribution in [-0.2, 0) is 17.7 Å². The van der Waals surface area contributed by atoms with Crippen molar-refractivity contribution in [1.82, 2.24) is 14.4 Å². The summed E-state index contributed by atoms with van der Waals surface area (Å²) < 4.78 is 21.3. The zero-order valence-electron chi connectivity index (χ0n) is 21.8. The summed E-state index contributed by atoms with van der Waals surface area (Å²) >= 11 is 0. The summed E-state index contributed by atoms with van der Waals surface area (Å²) in [5, 5.41) is 0.709. The molecule has 1 fully saturated rings. The number of esters is 1. The Balaban J connectivity index is 1.37. The quantitative estimate of drug-likeness (QED) is 0.413. The van der Waals surface area contributed by atoms with Crippen LogP contribution in [0.3, 0.4) is 0 Å². The van der Waals surface area contributed by atoms with Crippen LogP contribution in [0.2, 0.25) is 0 Å². The van der Waals surface area contributed by atoms with Crippen molar-refractivity contribution >= 4 is 22.7 Å². The number of fused-ring (bicyclic) bond motifs is 3. The Morgan fingerprint density at radius 3 is 2.49 bits per heavy atom. The summed E-state index contributed by atoms with van der Waals surface area (Å²) in [5.41, 5.74) is 4.06. The molecule has 2 heterocycles. The lowest BCUT2D eigenvalue weighted by atomic mass is 9.84. The van der Waals surface area contributed by atoms with Crippen molar-refractivity contribution < 1.29 is 18.7 Å². The van der Waals surface area contributed by atoms with Crippen LogP contribution in [0.15, 0.2) is 42.5 Å². The second kappa shape index (κ2) is 11.2. The number of rotatable bonds is 8. The largest absolute Gasteiger partial charge is 0.465 e. The molecule has 196 valence electrons. The van der Waals surface area contributed by atoms with E-state index < -0.39 is 0 Å². The van der Waals surface area contributed by atoms with Crippen molar-refractivity contribution in [2.75, 3.05) is 46.4 Å². The lowest BCUT2D eigenvalue weighted by Gasteiger charge is -2.37. The number of ketones is 1. The third kappa shape index (κ3) is 5.34. The van der Waals surface area contributed by atoms with Crippen LogP contribution in [0.1, 0.15) is 58.2 Å². The number of hydrogen-bond donors (Lipinski definition) is 0. The highest BCUT2D eigenvalue weighted by Gasteiger charge is 2.34. The first-order valence-corrected chi connectivity index (χ1v) is 13.4. The second-order valence-corrected chi connectivity index (χ2v) is 10.4. The Morgan fingerprint density at radius 1 is 1.05 bits per heavy atom. The smallest absolute Gasteiger partial charge is 0.337 e. The summed E-state index contributed by atoms with van der Waals surface area (Å²) in [4.78, 5) is 30.6. The molecule has 1 atom stereocenters. The number of unbranched alkanes of at least 4 members (excludes halogenated alkanes) is 1. The maximum atomic E-state index is 14.3. The van der Waals surface area contributed by atoms with Gasteiger partial charge in [0.15, 0.2) is 5.78 Å². The number of Topliss-reactive ketones (excluding diaryl/α,β-unsaturated/α-hetero) is 1. The number of ether oxygens (including phenoxy) is 1. The van der Waals surface area contributed by atoms with Gasteiger partial charge in [0.05, 0.1) is 12.7 Å². The van der Waals surface area contributed by atoms with Gasteiger partial charge in [-0.2, -0.15) is 0 Å². The van der Waals surface area contributed by atoms with Crippen LogP contribution < -0.4 is 0 Å². The van der Waals surface area contributed by atoms with E-state index in [1.807, 2.05) is 12.1 Å². The molecule has 0 spiro atoms. The lowest BCUT2D eigenvalue weighted by molar-refractivity contribution is 0.0600. The molecule has 1 aromatic heterocycles. The minimum Gasteiger partial charge on any atom is -0.465 e. The molecule has 1 aliphatic carbocycles. The first kappa shape index (κ1) is 25.6. The molecule has 0 saturated carbocycles. The summed E-state index contributed by atoms with van der Waals surface area (Å²) in [7, 11) is 1.37. The molecule has 2 aromatic carbocycles. The fourth-order valence-electron chi connectivity index (χ4n) is 5.85. The number of halogens is 1. The highest BCUT2D eigenvalue weighted by atomic mass is 19.1. The van der Waals surface area contributed by atoms with Gasteiger partial charge in [0.25, 0.3) is 0 Å². The highest BCUT2D eigenvalue weighted by molar-refractivity contribution is 6.11. The molecule has 1 aliphatic heterocycles. The van der Waals surface area contributed by atoms with Gasteiger partial charge in [-0.3, -0.25) is 4.79 Å². The summed E-state index contributed by atoms with van der Waals surface area (Å²) in [6, 6.07) is 12.1. The number of benzene rings is 2. The van der Waals surface area contributed by atoms with E-state index in [9.17, 15) is 14.0 Å². The third-order valence-electron chi connectivity index (χ3n) is 7.97. The molecular formula is C30H36FN3O3. The predicted molar refractivity (Wildman–Crippen MR) is 143 cm³/mol. The van der Waals surface area contributed by atoms with E-state index in [4.69, 9.17) is 4.74 Å². The molecule has 3 aromatic rings. The predicted octanol–water partition coefficient (Wildman–Crippen LogP) is 4.78. The average molecular weight is 506 g/mol. The molecular weight excluding hydrogens is 469 g/mol. The summed E-state index contributed by atoms with van der Waals surface area (Å²) in [6.45, 7) is 8.83. The molecule has 1 unspecified atom stereocenters. The van der Waals surface area contributed by atoms with Crippen molar-refractivity contribution in [2.24, 2.45) is 5.92 Å². The van der Waals surface area contributed by atoms with Gasteiger partial charge in [-0.25, -0.2) is 9.18 Å². The van der Waals surface area contributed by atoms with E-state index in [0.717, 1.165) is 68.9 Å². The Kier molecular flexibility index (Phi) is 7.72. The molecule has 7 heteroatoms. The number of aromatic nitrogens is 1. The van der Waals surface area contributed by atoms with Crippen LogP contribution in [-0.4, -0.2) is 72.5 Å². The molecule has 0 bridgehead atoms. The number of hydrogen-bond acceptors (Lipinski definition) is 5. The normalized spacial score (nSPS) is 18.8. The van der Waals surface area contributed by atoms with E-state index in [-0.39, 0.29) is 23.5 Å². The lowest BCUT2D eigenvalue weighted by Crippen LogP contribution is -2.49. The van der Waals surface area contributed by atoms with Crippen LogP contribution in [0.5, 0.6) is 0 Å². The molecule has 37 heavy (non-hydrogen) atoms. The standard InChI is InChI=1S/C30H36FN3O3/c1-3-4-13-32-14-16-33(17-15-32)20-23-9-11-27-28(29(23)35)25-18-24(31)10-12-26(25)34(27)19-21-5-7-22(8-6-21)30(36)37-2/h5-8,10,12,18,23H,3-4,9,11,13-17,19-20H2,1-2H3. The van der Waals surface area contributed by atoms with Gasteiger partial charge in [-0.15, -0.1) is 0 Å². The fourth-order valence-corrected chi connectivity index (χ4v) is 5.85. The van der Waals surface area contributed by atoms with Gasteiger partial charge in [-0.05, 0) is 61.7 Å². The SMILES string of the molecule is CCCCN1CCN(CC2CCc3c(c4cc(F)ccc4n3Cc3ccc(C(=O)OC)cc3)C2=O)CC1. The number of carbonyl (C=O) groups excluding carboxylic acids is 2. The first-order chi connectivity index (χ1) is 18.0. The highest BCUT2D eigenvalue weighted by Crippen LogP contribution is 2.36. The Labute approximate surface area is 218 Å². The van der Waals surface area contributed by atoms with Gasteiger partial charge in [0.1, 0.15) is 5.82 Å². The van der Waals surface area contributed by atoms with E-state index in [1.165, 1.54) is 32.1 Å². The molecule has 5 rings (SSSR count). The molecule has 6 nitrogen and oxygen atoms in total. The second-order valence-electron chi connectivity index (χ2n) is 10.4. The number of piperazine rings is 1. The average Bonchev–Trinajstić information content (AvgIpc) is 3.22. The number of carbonyl (C=O) groups is 2. The Morgan fingerprint density at radius 2 is 1.78 bits per heavy atom. The zero-order valence-corrected chi connectivity index (χ0v) is 21.8. The number of methoxy groups -OCH3 is 1. The van der Waals surface area contributed by atoms with E-state index >= 15 is 0 Å². The monoisotopic (exact) mass is 505 g/mol. The third-order valence-corrected chi connectivity index (χ3v) is 7.97. The topological polar surface area (TPSA) is 54.8 Å². The summed E-state index contributed by atoms with van der Waals surface area (Å²) in [6.07, 6.45) is 4.05. The van der Waals surface area contributed by atoms with Crippen molar-refractivity contribution in [1.29, 1.82) is 0 Å². The minimum absolute atomic E-state index is 0.0589. The van der Waals surface area contributed by atoms with Crippen LogP contribution in [0.4, 0.5) is 4.39 Å². The first-order valence-electron chi connectivity index (χ1n) is 13.4. The number of nitrogens with zero attached hydrogens (tertiary/aromatic N) is 3. The van der Waals surface area contributed by atoms with Crippen molar-refractivity contribution in [3.63, 3.8) is 0 Å². The molecule has 0 N–H and O–H groups in total. The van der Waals surface area contributed by atoms with Crippen LogP contribution in [0, 0.1) is 11.7 Å². The molecule has 1 saturated heterocycles. The van der Waals surface area contributed by atoms with E-state index in [1.54, 1.807) is 18.2 Å². The fraction of sp³-hybridized carbons (Fsp3) is 0.467. The van der Waals surface area contributed by atoms with Gasteiger partial charge in [0, 0.05) is 67.3 Å². The van der Waals surface area contributed by atoms with E-state index in [0.29, 0.717) is 23.1 Å². The van der Waals surface area contributed by atoms with Gasteiger partial charge >= 0.3 is 5.97 Å². The Hall–Kier alpha value is -3.03. The van der Waals surface area contributed by atoms with Gasteiger partial charge in [-0.1, -0.05) is 25.5 Å². The van der Waals surface area contributed by atoms with Crippen LogP contribution >= 0.6 is 0 Å². The minimum atomic E-state index is -0.371. The molecule has 2 aliphatic rings. The van der Waals surface area contributed by atoms with Crippen molar-refractivity contribution in [2.45, 2.75) is 39.2 Å². The van der Waals surface area contributed by atoms with Crippen molar-refractivity contribution in [3.8, 4) is 0 Å². The van der Waals surface area contributed by atoms with Crippen molar-refractivity contribution in [3.05, 3.63) is 70.7 Å². The molecule has 0 radical (unpaired) electrons. The summed E-state index contributed by atoms with van der Waals surface area (Å²) in [5.74, 6) is -0.612. The molecule has 0 amide bonds. The van der Waals surface area contributed by atoms with Crippen LogP contribution in [0.25, 0.3) is 10.9 Å². The van der Waals surface area contributed by atoms with Gasteiger partial charge in [0.2, 0.25) is 0 Å². The van der Waals surface area contributed by atoms with Gasteiger partial charge < -0.3 is 19.1 Å². The zero-order chi connectivity index (χ0) is 25.9.